The molecule has 1 aliphatic carbocycles. The Labute approximate surface area is 126 Å². The number of ether oxygens (including phenoxy) is 1. The Balaban J connectivity index is 1.54. The molecule has 1 aromatic carbocycles. The fourth-order valence-corrected chi connectivity index (χ4v) is 4.30. The second-order valence-corrected chi connectivity index (χ2v) is 6.88. The number of fused-ring (bicyclic) bond motifs is 1. The van der Waals surface area contributed by atoms with Crippen LogP contribution in [0.15, 0.2) is 18.2 Å². The second-order valence-electron chi connectivity index (χ2n) is 6.88. The van der Waals surface area contributed by atoms with E-state index in [9.17, 15) is 4.79 Å². The van der Waals surface area contributed by atoms with Crippen molar-refractivity contribution in [3.05, 3.63) is 34.9 Å². The van der Waals surface area contributed by atoms with E-state index in [1.54, 1.807) is 0 Å². The predicted molar refractivity (Wildman–Crippen MR) is 81.2 cm³/mol. The Morgan fingerprint density at radius 3 is 2.86 bits per heavy atom. The summed E-state index contributed by atoms with van der Waals surface area (Å²) in [7, 11) is 0. The van der Waals surface area contributed by atoms with Gasteiger partial charge in [0, 0.05) is 31.2 Å². The van der Waals surface area contributed by atoms with Crippen molar-refractivity contribution < 1.29 is 9.53 Å². The third kappa shape index (κ3) is 2.43. The molecule has 0 amide bonds. The van der Waals surface area contributed by atoms with Gasteiger partial charge in [0.25, 0.3) is 0 Å². The van der Waals surface area contributed by atoms with Gasteiger partial charge < -0.3 is 10.1 Å². The summed E-state index contributed by atoms with van der Waals surface area (Å²) in [6.45, 7) is 2.58. The first-order valence-electron chi connectivity index (χ1n) is 8.27. The molecule has 1 saturated heterocycles. The summed E-state index contributed by atoms with van der Waals surface area (Å²) in [5.41, 5.74) is 3.56. The molecule has 1 spiro atoms. The second kappa shape index (κ2) is 5.22. The third-order valence-corrected chi connectivity index (χ3v) is 5.50. The Morgan fingerprint density at radius 2 is 2.00 bits per heavy atom. The molecule has 0 radical (unpaired) electrons. The number of benzene rings is 1. The van der Waals surface area contributed by atoms with Gasteiger partial charge in [0.2, 0.25) is 0 Å². The molecule has 0 aromatic heterocycles. The summed E-state index contributed by atoms with van der Waals surface area (Å²) in [6.07, 6.45) is 6.61. The molecule has 3 heteroatoms. The molecule has 1 unspecified atom stereocenters. The van der Waals surface area contributed by atoms with Crippen molar-refractivity contribution in [2.45, 2.75) is 57.2 Å². The first-order valence-corrected chi connectivity index (χ1v) is 8.27. The fraction of sp³-hybridized carbons (Fsp3) is 0.611. The first-order chi connectivity index (χ1) is 10.3. The molecule has 3 aliphatic rings. The smallest absolute Gasteiger partial charge is 0.166 e. The van der Waals surface area contributed by atoms with Crippen molar-refractivity contribution >= 4 is 5.78 Å². The van der Waals surface area contributed by atoms with Crippen LogP contribution in [0.4, 0.5) is 0 Å². The molecule has 3 nitrogen and oxygen atoms in total. The van der Waals surface area contributed by atoms with Gasteiger partial charge in [-0.1, -0.05) is 25.0 Å². The topological polar surface area (TPSA) is 38.3 Å². The van der Waals surface area contributed by atoms with E-state index in [2.05, 4.69) is 17.4 Å². The summed E-state index contributed by atoms with van der Waals surface area (Å²) in [5, 5.41) is 3.34. The van der Waals surface area contributed by atoms with Crippen LogP contribution in [0.2, 0.25) is 0 Å². The molecule has 2 aliphatic heterocycles. The molecule has 1 aromatic rings. The summed E-state index contributed by atoms with van der Waals surface area (Å²) in [4.78, 5) is 12.9. The number of carbonyl (C=O) groups is 1. The Kier molecular flexibility index (Phi) is 3.35. The number of rotatable bonds is 2. The van der Waals surface area contributed by atoms with Crippen molar-refractivity contribution in [1.82, 2.24) is 5.32 Å². The minimum atomic E-state index is 0.0247. The van der Waals surface area contributed by atoms with Gasteiger partial charge in [-0.05, 0) is 42.9 Å². The van der Waals surface area contributed by atoms with Crippen LogP contribution in [-0.4, -0.2) is 18.0 Å². The van der Waals surface area contributed by atoms with E-state index < -0.39 is 0 Å². The molecule has 2 heterocycles. The van der Waals surface area contributed by atoms with Crippen molar-refractivity contribution in [2.75, 3.05) is 6.61 Å². The van der Waals surface area contributed by atoms with Crippen LogP contribution in [0.3, 0.4) is 0 Å². The molecule has 0 bridgehead atoms. The summed E-state index contributed by atoms with van der Waals surface area (Å²) in [5.74, 6) is 0.489. The zero-order chi connectivity index (χ0) is 14.3. The number of carbonyl (C=O) groups excluding carboxylic acids is 1. The monoisotopic (exact) mass is 285 g/mol. The standard InChI is InChI=1S/C18H23NO2/c20-17(13-3-4-15-11-19-12-16(15)9-13)14-5-8-21-18(10-14)6-1-2-7-18/h3-4,9,14,19H,1-2,5-8,10-12H2. The van der Waals surface area contributed by atoms with E-state index in [4.69, 9.17) is 4.74 Å². The van der Waals surface area contributed by atoms with Crippen LogP contribution in [-0.2, 0) is 17.8 Å². The zero-order valence-electron chi connectivity index (χ0n) is 12.5. The van der Waals surface area contributed by atoms with Gasteiger partial charge in [0.05, 0.1) is 5.60 Å². The fourth-order valence-electron chi connectivity index (χ4n) is 4.30. The maximum Gasteiger partial charge on any atom is 0.166 e. The highest BCUT2D eigenvalue weighted by molar-refractivity contribution is 5.98. The van der Waals surface area contributed by atoms with Crippen LogP contribution in [0.5, 0.6) is 0 Å². The zero-order valence-corrected chi connectivity index (χ0v) is 12.5. The number of hydrogen-bond acceptors (Lipinski definition) is 3. The molecule has 112 valence electrons. The van der Waals surface area contributed by atoms with E-state index in [0.29, 0.717) is 5.78 Å². The molecule has 1 N–H and O–H groups in total. The SMILES string of the molecule is O=C(c1ccc2c(c1)CNC2)C1CCOC2(CCCC2)C1. The molecule has 1 atom stereocenters. The number of Topliss-reactive ketones (excluding diaryl/α,β-unsaturated/α-hetero) is 1. The van der Waals surface area contributed by atoms with E-state index >= 15 is 0 Å². The highest BCUT2D eigenvalue weighted by atomic mass is 16.5. The Bertz CT molecular complexity index is 560. The lowest BCUT2D eigenvalue weighted by molar-refractivity contribution is -0.0866. The maximum atomic E-state index is 12.9. The summed E-state index contributed by atoms with van der Waals surface area (Å²) < 4.78 is 6.05. The lowest BCUT2D eigenvalue weighted by Gasteiger charge is -2.37. The molecule has 1 saturated carbocycles. The van der Waals surface area contributed by atoms with Gasteiger partial charge in [0.1, 0.15) is 0 Å². The largest absolute Gasteiger partial charge is 0.375 e. The van der Waals surface area contributed by atoms with Gasteiger partial charge in [-0.15, -0.1) is 0 Å². The molecular weight excluding hydrogens is 262 g/mol. The molecule has 2 fully saturated rings. The van der Waals surface area contributed by atoms with Crippen molar-refractivity contribution in [3.63, 3.8) is 0 Å². The van der Waals surface area contributed by atoms with Crippen molar-refractivity contribution in [1.29, 1.82) is 0 Å². The van der Waals surface area contributed by atoms with Gasteiger partial charge >= 0.3 is 0 Å². The predicted octanol–water partition coefficient (Wildman–Crippen LogP) is 3.21. The van der Waals surface area contributed by atoms with Crippen LogP contribution < -0.4 is 5.32 Å². The van der Waals surface area contributed by atoms with E-state index in [1.807, 2.05) is 6.07 Å². The van der Waals surface area contributed by atoms with Crippen LogP contribution in [0.25, 0.3) is 0 Å². The normalized spacial score (nSPS) is 27.0. The third-order valence-electron chi connectivity index (χ3n) is 5.50. The highest BCUT2D eigenvalue weighted by Crippen LogP contribution is 2.42. The van der Waals surface area contributed by atoms with Crippen molar-refractivity contribution in [2.24, 2.45) is 5.92 Å². The van der Waals surface area contributed by atoms with Crippen molar-refractivity contribution in [3.8, 4) is 0 Å². The maximum absolute atomic E-state index is 12.9. The average Bonchev–Trinajstić information content (AvgIpc) is 3.15. The number of nitrogens with one attached hydrogen (secondary N) is 1. The Morgan fingerprint density at radius 1 is 1.19 bits per heavy atom. The van der Waals surface area contributed by atoms with Crippen LogP contribution in [0, 0.1) is 5.92 Å². The van der Waals surface area contributed by atoms with Gasteiger partial charge in [-0.3, -0.25) is 4.79 Å². The number of ketones is 1. The van der Waals surface area contributed by atoms with Gasteiger partial charge in [0.15, 0.2) is 5.78 Å². The van der Waals surface area contributed by atoms with Crippen LogP contribution in [0.1, 0.15) is 60.0 Å². The average molecular weight is 285 g/mol. The van der Waals surface area contributed by atoms with Crippen LogP contribution >= 0.6 is 0 Å². The van der Waals surface area contributed by atoms with E-state index in [-0.39, 0.29) is 11.5 Å². The van der Waals surface area contributed by atoms with E-state index in [0.717, 1.165) is 50.9 Å². The Hall–Kier alpha value is -1.19. The first kappa shape index (κ1) is 13.5. The summed E-state index contributed by atoms with van der Waals surface area (Å²) in [6, 6.07) is 6.24. The lowest BCUT2D eigenvalue weighted by atomic mass is 9.80. The van der Waals surface area contributed by atoms with E-state index in [1.165, 1.54) is 24.0 Å². The molecule has 21 heavy (non-hydrogen) atoms. The minimum absolute atomic E-state index is 0.0247. The highest BCUT2D eigenvalue weighted by Gasteiger charge is 2.42. The minimum Gasteiger partial charge on any atom is -0.375 e. The quantitative estimate of drug-likeness (QED) is 0.848. The lowest BCUT2D eigenvalue weighted by Crippen LogP contribution is -2.39. The van der Waals surface area contributed by atoms with Gasteiger partial charge in [-0.25, -0.2) is 0 Å². The molecule has 4 rings (SSSR count). The number of hydrogen-bond donors (Lipinski definition) is 1. The van der Waals surface area contributed by atoms with Gasteiger partial charge in [-0.2, -0.15) is 0 Å². The summed E-state index contributed by atoms with van der Waals surface area (Å²) >= 11 is 0. The molecular formula is C18H23NO2.